The van der Waals surface area contributed by atoms with Crippen molar-refractivity contribution < 1.29 is 9.13 Å². The second-order valence-corrected chi connectivity index (χ2v) is 9.37. The second-order valence-electron chi connectivity index (χ2n) is 9.37. The fourth-order valence-electron chi connectivity index (χ4n) is 4.69. The molecule has 2 aliphatic rings. The molecule has 0 N–H and O–H groups in total. The van der Waals surface area contributed by atoms with Gasteiger partial charge in [-0.25, -0.2) is 4.39 Å². The molecule has 4 rings (SSSR count). The van der Waals surface area contributed by atoms with Gasteiger partial charge < -0.3 is 9.64 Å². The van der Waals surface area contributed by atoms with E-state index >= 15 is 0 Å². The predicted molar refractivity (Wildman–Crippen MR) is 126 cm³/mol. The third kappa shape index (κ3) is 5.75. The topological polar surface area (TPSA) is 15.7 Å². The van der Waals surface area contributed by atoms with Gasteiger partial charge in [-0.05, 0) is 85.7 Å². The number of aryl methyl sites for hydroxylation is 1. The van der Waals surface area contributed by atoms with E-state index in [0.717, 1.165) is 37.1 Å². The van der Waals surface area contributed by atoms with E-state index < -0.39 is 0 Å². The third-order valence-electron chi connectivity index (χ3n) is 6.75. The van der Waals surface area contributed by atoms with Crippen LogP contribution < -0.4 is 4.74 Å². The van der Waals surface area contributed by atoms with E-state index in [1.165, 1.54) is 55.0 Å². The van der Waals surface area contributed by atoms with Crippen molar-refractivity contribution >= 4 is 5.57 Å². The Balaban J connectivity index is 1.34. The average Bonchev–Trinajstić information content (AvgIpc) is 2.77. The molecule has 0 bridgehead atoms. The lowest BCUT2D eigenvalue weighted by Gasteiger charge is -2.34. The Hall–Kier alpha value is -2.17. The number of hydrogen-bond donors (Lipinski definition) is 0. The molecule has 3 nitrogen and oxygen atoms in total. The normalized spacial score (nSPS) is 18.7. The standard InChI is InChI=1S/C27H35FN2O/c1-20(16-22-4-8-25(28)9-5-22)19-31-26-10-11-27-21(2)24(7-6-23(27)17-26)18-30-14-12-29(3)13-15-30/h4-5,8-11,17,20H,6-7,12-16,18-19H2,1-3H3/t20-/m1/s1. The van der Waals surface area contributed by atoms with Crippen molar-refractivity contribution in [3.63, 3.8) is 0 Å². The Kier molecular flexibility index (Phi) is 7.09. The van der Waals surface area contributed by atoms with Crippen LogP contribution >= 0.6 is 0 Å². The molecule has 0 saturated carbocycles. The fourth-order valence-corrected chi connectivity index (χ4v) is 4.69. The molecular weight excluding hydrogens is 387 g/mol. The summed E-state index contributed by atoms with van der Waals surface area (Å²) in [5, 5.41) is 0. The van der Waals surface area contributed by atoms with Gasteiger partial charge in [0, 0.05) is 32.7 Å². The van der Waals surface area contributed by atoms with Crippen molar-refractivity contribution in [1.82, 2.24) is 9.80 Å². The summed E-state index contributed by atoms with van der Waals surface area (Å²) in [4.78, 5) is 5.01. The first-order chi connectivity index (χ1) is 15.0. The van der Waals surface area contributed by atoms with Crippen LogP contribution in [0.15, 0.2) is 48.0 Å². The van der Waals surface area contributed by atoms with E-state index in [0.29, 0.717) is 12.5 Å². The molecule has 1 fully saturated rings. The van der Waals surface area contributed by atoms with Crippen molar-refractivity contribution in [2.24, 2.45) is 5.92 Å². The Morgan fingerprint density at radius 3 is 2.48 bits per heavy atom. The van der Waals surface area contributed by atoms with Gasteiger partial charge in [0.25, 0.3) is 0 Å². The molecule has 1 aliphatic heterocycles. The van der Waals surface area contributed by atoms with Crippen molar-refractivity contribution in [2.75, 3.05) is 46.4 Å². The summed E-state index contributed by atoms with van der Waals surface area (Å²) in [6.45, 7) is 10.9. The van der Waals surface area contributed by atoms with Crippen LogP contribution in [0.3, 0.4) is 0 Å². The van der Waals surface area contributed by atoms with E-state index in [-0.39, 0.29) is 5.82 Å². The highest BCUT2D eigenvalue weighted by atomic mass is 19.1. The van der Waals surface area contributed by atoms with Crippen LogP contribution in [-0.2, 0) is 12.8 Å². The first-order valence-electron chi connectivity index (χ1n) is 11.6. The summed E-state index contributed by atoms with van der Waals surface area (Å²) in [6.07, 6.45) is 3.14. The van der Waals surface area contributed by atoms with Crippen molar-refractivity contribution in [3.8, 4) is 5.75 Å². The fraction of sp³-hybridized carbons (Fsp3) is 0.481. The monoisotopic (exact) mass is 422 g/mol. The van der Waals surface area contributed by atoms with Crippen LogP contribution in [0, 0.1) is 11.7 Å². The zero-order chi connectivity index (χ0) is 21.8. The van der Waals surface area contributed by atoms with Crippen LogP contribution in [0.5, 0.6) is 5.75 Å². The van der Waals surface area contributed by atoms with Gasteiger partial charge in [-0.2, -0.15) is 0 Å². The molecule has 1 atom stereocenters. The van der Waals surface area contributed by atoms with Gasteiger partial charge in [0.1, 0.15) is 11.6 Å². The Bertz CT molecular complexity index is 913. The molecule has 31 heavy (non-hydrogen) atoms. The Morgan fingerprint density at radius 2 is 1.74 bits per heavy atom. The van der Waals surface area contributed by atoms with Gasteiger partial charge in [0.05, 0.1) is 6.61 Å². The predicted octanol–water partition coefficient (Wildman–Crippen LogP) is 5.05. The van der Waals surface area contributed by atoms with Crippen molar-refractivity contribution in [1.29, 1.82) is 0 Å². The minimum atomic E-state index is -0.183. The molecule has 0 aromatic heterocycles. The summed E-state index contributed by atoms with van der Waals surface area (Å²) in [5.74, 6) is 1.15. The van der Waals surface area contributed by atoms with E-state index in [1.54, 1.807) is 5.57 Å². The quantitative estimate of drug-likeness (QED) is 0.621. The number of likely N-dealkylation sites (N-methyl/N-ethyl adjacent to an activating group) is 1. The number of halogens is 1. The maximum atomic E-state index is 13.1. The van der Waals surface area contributed by atoms with Gasteiger partial charge >= 0.3 is 0 Å². The molecule has 1 aliphatic carbocycles. The zero-order valence-corrected chi connectivity index (χ0v) is 19.2. The maximum Gasteiger partial charge on any atom is 0.123 e. The number of allylic oxidation sites excluding steroid dienone is 1. The first kappa shape index (κ1) is 22.0. The lowest BCUT2D eigenvalue weighted by molar-refractivity contribution is 0.163. The van der Waals surface area contributed by atoms with Gasteiger partial charge in [-0.15, -0.1) is 0 Å². The number of benzene rings is 2. The summed E-state index contributed by atoms with van der Waals surface area (Å²) in [6, 6.07) is 13.4. The van der Waals surface area contributed by atoms with Gasteiger partial charge in [0.2, 0.25) is 0 Å². The zero-order valence-electron chi connectivity index (χ0n) is 19.2. The molecule has 0 spiro atoms. The molecule has 1 saturated heterocycles. The smallest absolute Gasteiger partial charge is 0.123 e. The molecule has 0 amide bonds. The summed E-state index contributed by atoms with van der Waals surface area (Å²) in [5.41, 5.74) is 7.00. The van der Waals surface area contributed by atoms with Crippen molar-refractivity contribution in [2.45, 2.75) is 33.1 Å². The lowest BCUT2D eigenvalue weighted by Crippen LogP contribution is -2.45. The minimum absolute atomic E-state index is 0.183. The third-order valence-corrected chi connectivity index (χ3v) is 6.75. The molecular formula is C27H35FN2O. The van der Waals surface area contributed by atoms with E-state index in [4.69, 9.17) is 4.74 Å². The molecule has 1 heterocycles. The van der Waals surface area contributed by atoms with Gasteiger partial charge in [-0.1, -0.05) is 30.7 Å². The second kappa shape index (κ2) is 9.97. The molecule has 166 valence electrons. The Labute approximate surface area is 186 Å². The SMILES string of the molecule is CC1=C(CN2CCN(C)CC2)CCc2cc(OC[C@H](C)Cc3ccc(F)cc3)ccc21. The number of fused-ring (bicyclic) bond motifs is 1. The largest absolute Gasteiger partial charge is 0.493 e. The van der Waals surface area contributed by atoms with Crippen molar-refractivity contribution in [3.05, 3.63) is 70.5 Å². The molecule has 0 unspecified atom stereocenters. The molecule has 0 radical (unpaired) electrons. The van der Waals surface area contributed by atoms with Crippen LogP contribution in [0.25, 0.3) is 5.57 Å². The highest BCUT2D eigenvalue weighted by molar-refractivity contribution is 5.72. The number of ether oxygens (including phenoxy) is 1. The van der Waals surface area contributed by atoms with Gasteiger partial charge in [0.15, 0.2) is 0 Å². The molecule has 2 aromatic rings. The maximum absolute atomic E-state index is 13.1. The van der Waals surface area contributed by atoms with Crippen LogP contribution in [-0.4, -0.2) is 56.2 Å². The summed E-state index contributed by atoms with van der Waals surface area (Å²) < 4.78 is 19.2. The highest BCUT2D eigenvalue weighted by Gasteiger charge is 2.20. The molecule has 2 aromatic carbocycles. The average molecular weight is 423 g/mol. The number of hydrogen-bond acceptors (Lipinski definition) is 3. The highest BCUT2D eigenvalue weighted by Crippen LogP contribution is 2.34. The number of piperazine rings is 1. The summed E-state index contributed by atoms with van der Waals surface area (Å²) >= 11 is 0. The summed E-state index contributed by atoms with van der Waals surface area (Å²) in [7, 11) is 2.21. The lowest BCUT2D eigenvalue weighted by atomic mass is 9.86. The van der Waals surface area contributed by atoms with E-state index in [2.05, 4.69) is 48.9 Å². The minimum Gasteiger partial charge on any atom is -0.493 e. The molecule has 4 heteroatoms. The van der Waals surface area contributed by atoms with E-state index in [9.17, 15) is 4.39 Å². The van der Waals surface area contributed by atoms with Crippen LogP contribution in [0.4, 0.5) is 4.39 Å². The number of rotatable bonds is 7. The number of nitrogens with zero attached hydrogens (tertiary/aromatic N) is 2. The van der Waals surface area contributed by atoms with Gasteiger partial charge in [-0.3, -0.25) is 4.90 Å². The van der Waals surface area contributed by atoms with Crippen LogP contribution in [0.1, 0.15) is 37.0 Å². The first-order valence-corrected chi connectivity index (χ1v) is 11.6. The van der Waals surface area contributed by atoms with E-state index in [1.807, 2.05) is 12.1 Å². The Morgan fingerprint density at radius 1 is 1.00 bits per heavy atom. The van der Waals surface area contributed by atoms with Crippen LogP contribution in [0.2, 0.25) is 0 Å².